The number of nitrogens with zero attached hydrogens (tertiary/aromatic N) is 2. The van der Waals surface area contributed by atoms with Gasteiger partial charge in [0.15, 0.2) is 0 Å². The molecular weight excluding hydrogens is 260 g/mol. The maximum absolute atomic E-state index is 6.05. The van der Waals surface area contributed by atoms with Crippen molar-refractivity contribution in [3.8, 4) is 0 Å². The number of nitrogens with two attached hydrogens (primary N) is 1. The number of imidazole rings is 1. The van der Waals surface area contributed by atoms with Gasteiger partial charge in [-0.2, -0.15) is 0 Å². The van der Waals surface area contributed by atoms with Gasteiger partial charge in [-0.05, 0) is 68.1 Å². The van der Waals surface area contributed by atoms with Crippen molar-refractivity contribution in [1.82, 2.24) is 15.0 Å². The molecule has 1 aromatic heterocycles. The number of aromatic nitrogens is 2. The van der Waals surface area contributed by atoms with Crippen LogP contribution >= 0.6 is 0 Å². The molecule has 0 saturated heterocycles. The van der Waals surface area contributed by atoms with E-state index in [1.54, 1.807) is 0 Å². The van der Waals surface area contributed by atoms with Gasteiger partial charge in [-0.1, -0.05) is 6.92 Å². The van der Waals surface area contributed by atoms with Crippen LogP contribution in [0.2, 0.25) is 0 Å². The van der Waals surface area contributed by atoms with Gasteiger partial charge in [-0.3, -0.25) is 5.84 Å². The molecule has 4 heteroatoms. The van der Waals surface area contributed by atoms with E-state index in [2.05, 4.69) is 28.1 Å². The zero-order valence-corrected chi connectivity index (χ0v) is 13.1. The lowest BCUT2D eigenvalue weighted by Gasteiger charge is -2.59. The SMILES string of the molecule is CCCn1ccnc1C(NN)C12CC3CC(CC(C3)C1)C2. The number of rotatable bonds is 5. The van der Waals surface area contributed by atoms with E-state index >= 15 is 0 Å². The molecule has 4 fully saturated rings. The summed E-state index contributed by atoms with van der Waals surface area (Å²) >= 11 is 0. The van der Waals surface area contributed by atoms with Crippen LogP contribution in [0.3, 0.4) is 0 Å². The average molecular weight is 288 g/mol. The molecule has 1 heterocycles. The first-order valence-corrected chi connectivity index (χ1v) is 8.71. The third-order valence-electron chi connectivity index (χ3n) is 6.34. The molecule has 3 N–H and O–H groups in total. The summed E-state index contributed by atoms with van der Waals surface area (Å²) in [6.45, 7) is 3.26. The molecule has 4 aliphatic rings. The zero-order chi connectivity index (χ0) is 14.4. The summed E-state index contributed by atoms with van der Waals surface area (Å²) in [7, 11) is 0. The fourth-order valence-electron chi connectivity index (χ4n) is 6.07. The van der Waals surface area contributed by atoms with Crippen molar-refractivity contribution >= 4 is 0 Å². The first-order chi connectivity index (χ1) is 10.2. The first-order valence-electron chi connectivity index (χ1n) is 8.71. The van der Waals surface area contributed by atoms with Crippen LogP contribution in [0.5, 0.6) is 0 Å². The lowest BCUT2D eigenvalue weighted by molar-refractivity contribution is -0.0770. The van der Waals surface area contributed by atoms with E-state index in [9.17, 15) is 0 Å². The monoisotopic (exact) mass is 288 g/mol. The maximum atomic E-state index is 6.05. The minimum atomic E-state index is 0.229. The molecule has 4 bridgehead atoms. The molecule has 4 nitrogen and oxygen atoms in total. The zero-order valence-electron chi connectivity index (χ0n) is 13.1. The number of hydrazine groups is 1. The van der Waals surface area contributed by atoms with Crippen molar-refractivity contribution in [3.63, 3.8) is 0 Å². The van der Waals surface area contributed by atoms with Crippen LogP contribution in [0, 0.1) is 23.2 Å². The minimum absolute atomic E-state index is 0.229. The van der Waals surface area contributed by atoms with Gasteiger partial charge in [0, 0.05) is 18.9 Å². The summed E-state index contributed by atoms with van der Waals surface area (Å²) in [6.07, 6.45) is 13.7. The Bertz CT molecular complexity index is 471. The highest BCUT2D eigenvalue weighted by molar-refractivity contribution is 5.12. The number of hydrogen-bond donors (Lipinski definition) is 2. The third kappa shape index (κ3) is 2.15. The summed E-state index contributed by atoms with van der Waals surface area (Å²) in [6, 6.07) is 0.229. The van der Waals surface area contributed by atoms with E-state index in [0.29, 0.717) is 5.41 Å². The summed E-state index contributed by atoms with van der Waals surface area (Å²) in [4.78, 5) is 4.68. The van der Waals surface area contributed by atoms with Gasteiger partial charge in [0.1, 0.15) is 5.82 Å². The molecule has 0 amide bonds. The molecule has 0 spiro atoms. The van der Waals surface area contributed by atoms with Crippen LogP contribution in [-0.4, -0.2) is 9.55 Å². The van der Waals surface area contributed by atoms with E-state index in [1.807, 2.05) is 6.20 Å². The fraction of sp³-hybridized carbons (Fsp3) is 0.824. The molecule has 4 saturated carbocycles. The van der Waals surface area contributed by atoms with Crippen molar-refractivity contribution in [2.24, 2.45) is 29.0 Å². The van der Waals surface area contributed by atoms with Crippen molar-refractivity contribution in [1.29, 1.82) is 0 Å². The molecule has 1 unspecified atom stereocenters. The molecule has 0 radical (unpaired) electrons. The van der Waals surface area contributed by atoms with Gasteiger partial charge in [0.25, 0.3) is 0 Å². The Labute approximate surface area is 127 Å². The largest absolute Gasteiger partial charge is 0.334 e. The lowest BCUT2D eigenvalue weighted by Crippen LogP contribution is -2.53. The second-order valence-electron chi connectivity index (χ2n) is 7.86. The van der Waals surface area contributed by atoms with E-state index in [1.165, 1.54) is 44.3 Å². The molecule has 21 heavy (non-hydrogen) atoms. The second kappa shape index (κ2) is 5.10. The standard InChI is InChI=1S/C17H28N4/c1-2-4-21-5-3-19-16(21)15(20-18)17-9-12-6-13(10-17)8-14(7-12)11-17/h3,5,12-15,20H,2,4,6-11,18H2,1H3. The van der Waals surface area contributed by atoms with Gasteiger partial charge in [-0.15, -0.1) is 0 Å². The van der Waals surface area contributed by atoms with E-state index < -0.39 is 0 Å². The Morgan fingerprint density at radius 1 is 1.29 bits per heavy atom. The van der Waals surface area contributed by atoms with Crippen LogP contribution in [-0.2, 0) is 6.54 Å². The predicted molar refractivity (Wildman–Crippen MR) is 83.2 cm³/mol. The molecule has 4 aliphatic carbocycles. The van der Waals surface area contributed by atoms with Gasteiger partial charge in [0.05, 0.1) is 6.04 Å². The summed E-state index contributed by atoms with van der Waals surface area (Å²) in [5, 5.41) is 0. The quantitative estimate of drug-likeness (QED) is 0.647. The van der Waals surface area contributed by atoms with Crippen LogP contribution in [0.4, 0.5) is 0 Å². The highest BCUT2D eigenvalue weighted by Gasteiger charge is 2.55. The minimum Gasteiger partial charge on any atom is -0.334 e. The molecule has 1 aromatic rings. The third-order valence-corrected chi connectivity index (χ3v) is 6.34. The molecule has 5 rings (SSSR count). The summed E-state index contributed by atoms with van der Waals surface area (Å²) in [5.41, 5.74) is 3.54. The molecule has 0 aliphatic heterocycles. The summed E-state index contributed by atoms with van der Waals surface area (Å²) in [5.74, 6) is 10.1. The average Bonchev–Trinajstić information content (AvgIpc) is 2.86. The topological polar surface area (TPSA) is 55.9 Å². The van der Waals surface area contributed by atoms with Gasteiger partial charge in [-0.25, -0.2) is 10.4 Å². The Morgan fingerprint density at radius 2 is 1.90 bits per heavy atom. The van der Waals surface area contributed by atoms with E-state index in [4.69, 9.17) is 5.84 Å². The van der Waals surface area contributed by atoms with Crippen molar-refractivity contribution in [2.75, 3.05) is 0 Å². The van der Waals surface area contributed by atoms with E-state index in [-0.39, 0.29) is 6.04 Å². The van der Waals surface area contributed by atoms with Gasteiger partial charge >= 0.3 is 0 Å². The van der Waals surface area contributed by atoms with Crippen molar-refractivity contribution in [2.45, 2.75) is 64.5 Å². The van der Waals surface area contributed by atoms with Crippen LogP contribution < -0.4 is 11.3 Å². The number of aryl methyl sites for hydroxylation is 1. The Kier molecular flexibility index (Phi) is 3.34. The van der Waals surface area contributed by atoms with E-state index in [0.717, 1.165) is 30.7 Å². The molecule has 116 valence electrons. The van der Waals surface area contributed by atoms with Gasteiger partial charge < -0.3 is 4.57 Å². The summed E-state index contributed by atoms with van der Waals surface area (Å²) < 4.78 is 2.31. The van der Waals surface area contributed by atoms with Gasteiger partial charge in [0.2, 0.25) is 0 Å². The number of nitrogens with one attached hydrogen (secondary N) is 1. The predicted octanol–water partition coefficient (Wildman–Crippen LogP) is 3.01. The maximum Gasteiger partial charge on any atom is 0.127 e. The molecule has 0 aromatic carbocycles. The molecule has 1 atom stereocenters. The highest BCUT2D eigenvalue weighted by atomic mass is 15.3. The Balaban J connectivity index is 1.67. The fourth-order valence-corrected chi connectivity index (χ4v) is 6.07. The first kappa shape index (κ1) is 13.8. The van der Waals surface area contributed by atoms with Crippen LogP contribution in [0.15, 0.2) is 12.4 Å². The van der Waals surface area contributed by atoms with Crippen molar-refractivity contribution < 1.29 is 0 Å². The Hall–Kier alpha value is -0.870. The van der Waals surface area contributed by atoms with Crippen LogP contribution in [0.1, 0.15) is 63.7 Å². The molecular formula is C17H28N4. The lowest BCUT2D eigenvalue weighted by atomic mass is 9.47. The van der Waals surface area contributed by atoms with Crippen LogP contribution in [0.25, 0.3) is 0 Å². The highest BCUT2D eigenvalue weighted by Crippen LogP contribution is 2.63. The second-order valence-corrected chi connectivity index (χ2v) is 7.86. The normalized spacial score (nSPS) is 38.9. The number of hydrogen-bond acceptors (Lipinski definition) is 3. The Morgan fingerprint density at radius 3 is 2.43 bits per heavy atom. The smallest absolute Gasteiger partial charge is 0.127 e. The van der Waals surface area contributed by atoms with Crippen molar-refractivity contribution in [3.05, 3.63) is 18.2 Å².